The number of pyridine rings is 1. The molecular formula is C25H23IrNO2. The predicted octanol–water partition coefficient (Wildman–Crippen LogP) is 6.17. The van der Waals surface area contributed by atoms with E-state index in [1.54, 1.807) is 0 Å². The summed E-state index contributed by atoms with van der Waals surface area (Å²) in [4.78, 5) is 13.2. The molecule has 4 heteroatoms. The van der Waals surface area contributed by atoms with E-state index >= 15 is 0 Å². The number of fused-ring (bicyclic) bond motifs is 3. The van der Waals surface area contributed by atoms with Crippen molar-refractivity contribution in [1.29, 1.82) is 0 Å². The van der Waals surface area contributed by atoms with E-state index in [-0.39, 0.29) is 31.6 Å². The van der Waals surface area contributed by atoms with Gasteiger partial charge in [0.1, 0.15) is 0 Å². The van der Waals surface area contributed by atoms with Crippen molar-refractivity contribution in [1.82, 2.24) is 4.98 Å². The van der Waals surface area contributed by atoms with E-state index in [4.69, 9.17) is 14.9 Å². The van der Waals surface area contributed by atoms with Gasteiger partial charge in [0.05, 0.1) is 24.3 Å². The zero-order valence-electron chi connectivity index (χ0n) is 16.6. The molecule has 0 aliphatic heterocycles. The van der Waals surface area contributed by atoms with Gasteiger partial charge in [-0.3, -0.25) is 9.78 Å². The monoisotopic (exact) mass is 562 g/mol. The number of rotatable bonds is 2. The molecule has 4 aromatic rings. The number of hydrogen-bond acceptors (Lipinski definition) is 2. The molecule has 0 spiro atoms. The number of nitrogens with zero attached hydrogens (tertiary/aromatic N) is 1. The molecule has 3 nitrogen and oxygen atoms in total. The van der Waals surface area contributed by atoms with Gasteiger partial charge in [-0.1, -0.05) is 49.4 Å². The van der Waals surface area contributed by atoms with Crippen molar-refractivity contribution in [2.24, 2.45) is 0 Å². The zero-order valence-corrected chi connectivity index (χ0v) is 19.0. The van der Waals surface area contributed by atoms with Gasteiger partial charge >= 0.3 is 5.78 Å². The predicted molar refractivity (Wildman–Crippen MR) is 117 cm³/mol. The van der Waals surface area contributed by atoms with Gasteiger partial charge in [-0.05, 0) is 29.5 Å². The molecule has 2 N–H and O–H groups in total. The molecule has 0 fully saturated rings. The van der Waals surface area contributed by atoms with Gasteiger partial charge in [0, 0.05) is 25.5 Å². The van der Waals surface area contributed by atoms with E-state index in [9.17, 15) is 0 Å². The van der Waals surface area contributed by atoms with Crippen LogP contribution in [0.25, 0.3) is 32.9 Å². The molecule has 0 aliphatic carbocycles. The quantitative estimate of drug-likeness (QED) is 0.105. The van der Waals surface area contributed by atoms with E-state index in [0.717, 1.165) is 16.8 Å². The average Bonchev–Trinajstić information content (AvgIpc) is 2.67. The van der Waals surface area contributed by atoms with Crippen molar-refractivity contribution in [3.63, 3.8) is 0 Å². The number of aryl methyl sites for hydroxylation is 1. The van der Waals surface area contributed by atoms with E-state index in [1.807, 2.05) is 12.1 Å². The van der Waals surface area contributed by atoms with Crippen LogP contribution < -0.4 is 0 Å². The third-order valence-corrected chi connectivity index (χ3v) is 4.33. The smallest absolute Gasteiger partial charge is 0.316 e. The second-order valence-corrected chi connectivity index (χ2v) is 6.71. The first kappa shape index (κ1) is 22.5. The fourth-order valence-electron chi connectivity index (χ4n) is 3.12. The number of allylic oxidation sites excluding steroid dienone is 2. The van der Waals surface area contributed by atoms with Crippen LogP contribution in [0.4, 0.5) is 0 Å². The minimum absolute atomic E-state index is 0. The Bertz CT molecular complexity index is 1180. The van der Waals surface area contributed by atoms with Crippen LogP contribution in [0.3, 0.4) is 0 Å². The van der Waals surface area contributed by atoms with Crippen molar-refractivity contribution in [2.75, 3.05) is 0 Å². The van der Waals surface area contributed by atoms with Crippen LogP contribution in [-0.2, 0) is 20.1 Å². The second-order valence-electron chi connectivity index (χ2n) is 6.71. The fraction of sp³-hybridized carbons (Fsp3) is 0.120. The largest absolute Gasteiger partial charge is 0.512 e. The number of aliphatic hydroxyl groups is 1. The van der Waals surface area contributed by atoms with Crippen LogP contribution >= 0.6 is 0 Å². The molecule has 4 rings (SSSR count). The molecule has 0 aliphatic rings. The van der Waals surface area contributed by atoms with Crippen molar-refractivity contribution < 1.29 is 30.0 Å². The second kappa shape index (κ2) is 10.1. The summed E-state index contributed by atoms with van der Waals surface area (Å²) in [7, 11) is 0. The summed E-state index contributed by atoms with van der Waals surface area (Å²) in [5.41, 5.74) is 4.29. The maximum Gasteiger partial charge on any atom is 0.316 e. The summed E-state index contributed by atoms with van der Waals surface area (Å²) in [5, 5.41) is 12.1. The van der Waals surface area contributed by atoms with Crippen LogP contribution in [0.5, 0.6) is 0 Å². The Labute approximate surface area is 184 Å². The number of benzene rings is 3. The standard InChI is InChI=1S/C20H14N.C5H8O2.Ir/c1-14-6-2-4-8-16(14)19-13-11-18-17-9-5-3-7-15(17)10-12-20(18)21-19;1-4(6)3-5(2)7;/h2-7,9-13H,1H3;3,6H,1-2H3;/q-1;;/p+1/b;4-3-;. The minimum atomic E-state index is 0. The fourth-order valence-corrected chi connectivity index (χ4v) is 3.12. The molecule has 0 amide bonds. The van der Waals surface area contributed by atoms with Crippen LogP contribution in [0.15, 0.2) is 78.6 Å². The zero-order chi connectivity index (χ0) is 20.1. The Morgan fingerprint density at radius 3 is 2.38 bits per heavy atom. The number of aliphatic hydroxyl groups excluding tert-OH is 1. The number of carbonyl (C=O) groups excluding carboxylic acids is 1. The van der Waals surface area contributed by atoms with E-state index in [2.05, 4.69) is 67.6 Å². The summed E-state index contributed by atoms with van der Waals surface area (Å²) in [5.74, 6) is 0.250. The SMILES string of the molecule is CC(=[OH+])/C=C(/C)O.Cc1ccc[c-]c1-c1ccc2c(ccc3ccccc32)n1.[Ir]. The van der Waals surface area contributed by atoms with Gasteiger partial charge < -0.3 is 5.11 Å². The van der Waals surface area contributed by atoms with Crippen molar-refractivity contribution in [3.05, 3.63) is 90.2 Å². The summed E-state index contributed by atoms with van der Waals surface area (Å²) < 4.78 is 0. The van der Waals surface area contributed by atoms with Gasteiger partial charge in [0.2, 0.25) is 0 Å². The van der Waals surface area contributed by atoms with Gasteiger partial charge in [-0.2, -0.15) is 0 Å². The first-order chi connectivity index (χ1) is 13.5. The molecule has 1 aromatic heterocycles. The van der Waals surface area contributed by atoms with Crippen molar-refractivity contribution in [3.8, 4) is 11.3 Å². The van der Waals surface area contributed by atoms with Gasteiger partial charge in [0.15, 0.2) is 0 Å². The van der Waals surface area contributed by atoms with E-state index in [0.29, 0.717) is 0 Å². The molecule has 29 heavy (non-hydrogen) atoms. The summed E-state index contributed by atoms with van der Waals surface area (Å²) >= 11 is 0. The Morgan fingerprint density at radius 1 is 0.966 bits per heavy atom. The molecule has 149 valence electrons. The maximum atomic E-state index is 8.40. The van der Waals surface area contributed by atoms with E-state index < -0.39 is 0 Å². The molecule has 3 aromatic carbocycles. The van der Waals surface area contributed by atoms with Gasteiger partial charge in [-0.15, -0.1) is 35.4 Å². The number of ketones is 1. The van der Waals surface area contributed by atoms with Gasteiger partial charge in [0.25, 0.3) is 0 Å². The first-order valence-electron chi connectivity index (χ1n) is 9.11. The third-order valence-electron chi connectivity index (χ3n) is 4.33. The maximum absolute atomic E-state index is 8.40. The molecule has 0 saturated carbocycles. The van der Waals surface area contributed by atoms with Crippen molar-refractivity contribution >= 4 is 27.5 Å². The average molecular weight is 562 g/mol. The van der Waals surface area contributed by atoms with Crippen LogP contribution in [0, 0.1) is 13.0 Å². The Morgan fingerprint density at radius 2 is 1.72 bits per heavy atom. The number of aromatic nitrogens is 1. The molecule has 0 unspecified atom stereocenters. The van der Waals surface area contributed by atoms with E-state index in [1.165, 1.54) is 41.6 Å². The van der Waals surface area contributed by atoms with Crippen molar-refractivity contribution in [2.45, 2.75) is 20.8 Å². The Kier molecular flexibility index (Phi) is 7.83. The molecule has 0 bridgehead atoms. The normalized spacial score (nSPS) is 10.8. The van der Waals surface area contributed by atoms with Crippen LogP contribution in [0.2, 0.25) is 0 Å². The Hall–Kier alpha value is -2.81. The van der Waals surface area contributed by atoms with Crippen LogP contribution in [-0.4, -0.2) is 20.7 Å². The topological polar surface area (TPSA) is 54.5 Å². The molecular weight excluding hydrogens is 538 g/mol. The minimum Gasteiger partial charge on any atom is -0.512 e. The number of hydrogen-bond donors (Lipinski definition) is 1. The first-order valence-corrected chi connectivity index (χ1v) is 9.11. The molecule has 0 atom stereocenters. The summed E-state index contributed by atoms with van der Waals surface area (Å²) in [6.45, 7) is 5.09. The molecule has 0 saturated heterocycles. The molecule has 1 radical (unpaired) electrons. The summed E-state index contributed by atoms with van der Waals surface area (Å²) in [6, 6.07) is 26.3. The third kappa shape index (κ3) is 5.60. The Balaban J connectivity index is 0.000000327. The molecule has 1 heterocycles. The van der Waals surface area contributed by atoms with Gasteiger partial charge in [-0.25, -0.2) is 0 Å². The van der Waals surface area contributed by atoms with Crippen LogP contribution in [0.1, 0.15) is 19.4 Å². The summed E-state index contributed by atoms with van der Waals surface area (Å²) in [6.07, 6.45) is 1.28.